The number of amides is 1. The van der Waals surface area contributed by atoms with Gasteiger partial charge in [-0.15, -0.1) is 0 Å². The van der Waals surface area contributed by atoms with Gasteiger partial charge in [-0.3, -0.25) is 4.79 Å². The number of morpholine rings is 1. The highest BCUT2D eigenvalue weighted by Crippen LogP contribution is 2.35. The predicted octanol–water partition coefficient (Wildman–Crippen LogP) is 4.06. The molecule has 2 saturated heterocycles. The number of ether oxygens (including phenoxy) is 1. The normalized spacial score (nSPS) is 16.7. The Hall–Kier alpha value is -3.79. The second-order valence-corrected chi connectivity index (χ2v) is 9.10. The van der Waals surface area contributed by atoms with Crippen LogP contribution >= 0.6 is 0 Å². The summed E-state index contributed by atoms with van der Waals surface area (Å²) in [6.07, 6.45) is 0. The zero-order valence-electron chi connectivity index (χ0n) is 20.4. The lowest BCUT2D eigenvalue weighted by Gasteiger charge is -2.36. The molecule has 37 heavy (non-hydrogen) atoms. The lowest BCUT2D eigenvalue weighted by atomic mass is 10.0. The van der Waals surface area contributed by atoms with Crippen LogP contribution in [0.2, 0.25) is 0 Å². The molecule has 3 heterocycles. The highest BCUT2D eigenvalue weighted by atomic mass is 19.1. The van der Waals surface area contributed by atoms with Crippen molar-refractivity contribution in [2.75, 3.05) is 57.5 Å². The molecule has 1 amide bonds. The van der Waals surface area contributed by atoms with Gasteiger partial charge < -0.3 is 19.4 Å². The number of benzene rings is 3. The first-order valence-corrected chi connectivity index (χ1v) is 12.6. The molecule has 2 aliphatic heterocycles. The summed E-state index contributed by atoms with van der Waals surface area (Å²) in [5.74, 6) is -0.875. The van der Waals surface area contributed by atoms with Gasteiger partial charge in [0.05, 0.1) is 24.5 Å². The van der Waals surface area contributed by atoms with E-state index in [-0.39, 0.29) is 11.5 Å². The van der Waals surface area contributed by atoms with Crippen molar-refractivity contribution in [3.8, 4) is 11.1 Å². The van der Waals surface area contributed by atoms with Gasteiger partial charge in [-0.1, -0.05) is 36.4 Å². The van der Waals surface area contributed by atoms with Crippen molar-refractivity contribution in [1.29, 1.82) is 0 Å². The van der Waals surface area contributed by atoms with E-state index in [2.05, 4.69) is 10.3 Å². The Labute approximate surface area is 214 Å². The lowest BCUT2D eigenvalue weighted by molar-refractivity contribution is 0.0300. The van der Waals surface area contributed by atoms with Crippen molar-refractivity contribution >= 4 is 28.7 Å². The third-order valence-corrected chi connectivity index (χ3v) is 6.77. The number of carbonyl (C=O) groups is 1. The number of hydrogen-bond donors (Lipinski definition) is 1. The Kier molecular flexibility index (Phi) is 6.57. The average molecular weight is 502 g/mol. The topological polar surface area (TPSA) is 74.1 Å². The number of para-hydroxylation sites is 2. The van der Waals surface area contributed by atoms with Crippen molar-refractivity contribution in [3.05, 3.63) is 78.1 Å². The molecule has 0 spiro atoms. The van der Waals surface area contributed by atoms with E-state index in [0.29, 0.717) is 54.5 Å². The van der Waals surface area contributed by atoms with Crippen LogP contribution in [0.25, 0.3) is 22.2 Å². The highest BCUT2D eigenvalue weighted by molar-refractivity contribution is 5.96. The smallest absolute Gasteiger partial charge is 0.318 e. The summed E-state index contributed by atoms with van der Waals surface area (Å²) < 4.78 is 26.9. The molecule has 3 aromatic carbocycles. The number of nitrogens with one attached hydrogen (secondary N) is 1. The Morgan fingerprint density at radius 1 is 0.946 bits per heavy atom. The van der Waals surface area contributed by atoms with Crippen LogP contribution in [0.5, 0.6) is 0 Å². The van der Waals surface area contributed by atoms with E-state index >= 15 is 4.39 Å². The largest absolute Gasteiger partial charge is 0.422 e. The predicted molar refractivity (Wildman–Crippen MR) is 139 cm³/mol. The molecule has 9 heteroatoms. The summed E-state index contributed by atoms with van der Waals surface area (Å²) in [7, 11) is 0. The first kappa shape index (κ1) is 23.6. The van der Waals surface area contributed by atoms with Crippen molar-refractivity contribution in [1.82, 2.24) is 20.2 Å². The minimum Gasteiger partial charge on any atom is -0.422 e. The average Bonchev–Trinajstić information content (AvgIpc) is 3.38. The Bertz CT molecular complexity index is 1400. The summed E-state index contributed by atoms with van der Waals surface area (Å²) in [6.45, 7) is 5.21. The highest BCUT2D eigenvalue weighted by Gasteiger charge is 2.26. The van der Waals surface area contributed by atoms with Crippen LogP contribution in [0.15, 0.2) is 71.1 Å². The van der Waals surface area contributed by atoms with Crippen molar-refractivity contribution in [2.24, 2.45) is 0 Å². The molecule has 0 bridgehead atoms. The molecule has 0 saturated carbocycles. The van der Waals surface area contributed by atoms with Crippen LogP contribution in [0, 0.1) is 5.82 Å². The lowest BCUT2D eigenvalue weighted by Crippen LogP contribution is -2.50. The number of aromatic nitrogens is 1. The molecule has 0 unspecified atom stereocenters. The molecule has 0 radical (unpaired) electrons. The number of piperazine rings is 1. The molecule has 1 aromatic heterocycles. The molecule has 8 nitrogen and oxygen atoms in total. The molecule has 190 valence electrons. The zero-order valence-corrected chi connectivity index (χ0v) is 20.4. The quantitative estimate of drug-likeness (QED) is 0.442. The van der Waals surface area contributed by atoms with Crippen LogP contribution in [0.4, 0.5) is 16.1 Å². The van der Waals surface area contributed by atoms with E-state index in [9.17, 15) is 4.79 Å². The number of hydrazine groups is 1. The molecular weight excluding hydrogens is 473 g/mol. The summed E-state index contributed by atoms with van der Waals surface area (Å²) in [6, 6.07) is 20.8. The number of oxazole rings is 1. The summed E-state index contributed by atoms with van der Waals surface area (Å²) in [5.41, 5.74) is 3.60. The fraction of sp³-hybridized carbons (Fsp3) is 0.286. The van der Waals surface area contributed by atoms with Gasteiger partial charge in [0.15, 0.2) is 5.58 Å². The van der Waals surface area contributed by atoms with Crippen molar-refractivity contribution in [2.45, 2.75) is 0 Å². The zero-order chi connectivity index (χ0) is 25.2. The minimum absolute atomic E-state index is 0.0602. The maximum absolute atomic E-state index is 15.2. The number of hydrogen-bond acceptors (Lipinski definition) is 7. The summed E-state index contributed by atoms with van der Waals surface area (Å²) in [4.78, 5) is 19.3. The van der Waals surface area contributed by atoms with Crippen molar-refractivity contribution < 1.29 is 18.3 Å². The molecule has 2 aliphatic rings. The third kappa shape index (κ3) is 4.69. The van der Waals surface area contributed by atoms with Gasteiger partial charge in [-0.25, -0.2) is 14.4 Å². The second kappa shape index (κ2) is 10.3. The number of carbonyl (C=O) groups excluding carboxylic acids is 1. The molecular formula is C28H28FN5O3. The maximum atomic E-state index is 15.2. The molecule has 4 aromatic rings. The fourth-order valence-corrected chi connectivity index (χ4v) is 4.87. The number of nitrogens with zero attached hydrogens (tertiary/aromatic N) is 4. The van der Waals surface area contributed by atoms with Gasteiger partial charge in [-0.2, -0.15) is 4.98 Å². The number of anilines is 2. The van der Waals surface area contributed by atoms with Gasteiger partial charge in [0.25, 0.3) is 5.91 Å². The van der Waals surface area contributed by atoms with E-state index in [1.165, 1.54) is 6.07 Å². The standard InChI is InChI=1S/C28H28FN5O3/c29-24-19-20(9-10-23(24)27(35)32-15-17-36-18-16-32)22-7-4-8-25-26(22)37-28(31-25)34(21-5-2-1-3-6-21)33-13-11-30-12-14-33/h1-10,19,30H,11-18H2. The molecule has 1 N–H and O–H groups in total. The fourth-order valence-electron chi connectivity index (χ4n) is 4.87. The van der Waals surface area contributed by atoms with E-state index < -0.39 is 5.82 Å². The first-order chi connectivity index (χ1) is 18.2. The van der Waals surface area contributed by atoms with E-state index in [4.69, 9.17) is 14.1 Å². The number of rotatable bonds is 5. The van der Waals surface area contributed by atoms with E-state index in [1.54, 1.807) is 17.0 Å². The van der Waals surface area contributed by atoms with Crippen LogP contribution in [0.3, 0.4) is 0 Å². The van der Waals surface area contributed by atoms with Crippen LogP contribution in [-0.2, 0) is 4.74 Å². The molecule has 0 atom stereocenters. The number of halogens is 1. The first-order valence-electron chi connectivity index (χ1n) is 12.6. The maximum Gasteiger partial charge on any atom is 0.318 e. The van der Waals surface area contributed by atoms with E-state index in [0.717, 1.165) is 31.9 Å². The SMILES string of the molecule is O=C(c1ccc(-c2cccc3nc(N(c4ccccc4)N4CCNCC4)oc23)cc1F)N1CCOCC1. The van der Waals surface area contributed by atoms with Gasteiger partial charge in [-0.05, 0) is 35.9 Å². The minimum atomic E-state index is -0.558. The van der Waals surface area contributed by atoms with Gasteiger partial charge in [0, 0.05) is 44.8 Å². The molecule has 6 rings (SSSR count). The van der Waals surface area contributed by atoms with Crippen molar-refractivity contribution in [3.63, 3.8) is 0 Å². The van der Waals surface area contributed by atoms with Crippen LogP contribution < -0.4 is 10.3 Å². The van der Waals surface area contributed by atoms with Gasteiger partial charge in [0.2, 0.25) is 0 Å². The van der Waals surface area contributed by atoms with Gasteiger partial charge in [0.1, 0.15) is 11.3 Å². The van der Waals surface area contributed by atoms with Gasteiger partial charge >= 0.3 is 6.01 Å². The molecule has 0 aliphatic carbocycles. The Morgan fingerprint density at radius 3 is 2.49 bits per heavy atom. The molecule has 2 fully saturated rings. The number of fused-ring (bicyclic) bond motifs is 1. The second-order valence-electron chi connectivity index (χ2n) is 9.10. The monoisotopic (exact) mass is 501 g/mol. The van der Waals surface area contributed by atoms with E-state index in [1.807, 2.05) is 53.5 Å². The Morgan fingerprint density at radius 2 is 1.73 bits per heavy atom. The third-order valence-electron chi connectivity index (χ3n) is 6.77. The van der Waals surface area contributed by atoms with Crippen LogP contribution in [0.1, 0.15) is 10.4 Å². The summed E-state index contributed by atoms with van der Waals surface area (Å²) >= 11 is 0. The Balaban J connectivity index is 1.36. The van der Waals surface area contributed by atoms with Crippen LogP contribution in [-0.4, -0.2) is 73.3 Å². The summed E-state index contributed by atoms with van der Waals surface area (Å²) in [5, 5.41) is 7.60.